The van der Waals surface area contributed by atoms with E-state index in [9.17, 15) is 14.0 Å². The van der Waals surface area contributed by atoms with Gasteiger partial charge in [-0.1, -0.05) is 36.1 Å². The first-order valence-electron chi connectivity index (χ1n) is 8.89. The van der Waals surface area contributed by atoms with E-state index in [0.717, 1.165) is 5.56 Å². The number of anilines is 1. The minimum absolute atomic E-state index is 0.00249. The maximum Gasteiger partial charge on any atom is 0.266 e. The van der Waals surface area contributed by atoms with Crippen LogP contribution in [0.5, 0.6) is 5.75 Å². The molecule has 1 N–H and O–H groups in total. The summed E-state index contributed by atoms with van der Waals surface area (Å²) in [6.45, 7) is 3.63. The lowest BCUT2D eigenvalue weighted by Gasteiger charge is -2.18. The number of nitrogens with zero attached hydrogens (tertiary/aromatic N) is 1. The van der Waals surface area contributed by atoms with E-state index < -0.39 is 0 Å². The first-order chi connectivity index (χ1) is 13.8. The summed E-state index contributed by atoms with van der Waals surface area (Å²) in [4.78, 5) is 26.6. The van der Waals surface area contributed by atoms with Crippen molar-refractivity contribution in [2.24, 2.45) is 0 Å². The lowest BCUT2D eigenvalue weighted by molar-refractivity contribution is -0.123. The van der Waals surface area contributed by atoms with Crippen LogP contribution >= 0.6 is 24.0 Å². The van der Waals surface area contributed by atoms with E-state index in [1.54, 1.807) is 29.2 Å². The summed E-state index contributed by atoms with van der Waals surface area (Å²) in [7, 11) is 0. The summed E-state index contributed by atoms with van der Waals surface area (Å²) in [5.74, 6) is -0.353. The Balaban J connectivity index is 1.62. The fraction of sp³-hybridized carbons (Fsp3) is 0.190. The van der Waals surface area contributed by atoms with Crippen LogP contribution in [0.3, 0.4) is 0 Å². The second-order valence-corrected chi connectivity index (χ2v) is 8.24. The quantitative estimate of drug-likeness (QED) is 0.542. The third-order valence-electron chi connectivity index (χ3n) is 3.99. The average Bonchev–Trinajstić information content (AvgIpc) is 2.95. The molecule has 150 valence electrons. The molecule has 0 radical (unpaired) electrons. The number of hydrogen-bond acceptors (Lipinski definition) is 5. The van der Waals surface area contributed by atoms with Crippen LogP contribution < -0.4 is 10.1 Å². The molecule has 5 nitrogen and oxygen atoms in total. The van der Waals surface area contributed by atoms with Gasteiger partial charge >= 0.3 is 0 Å². The zero-order valence-corrected chi connectivity index (χ0v) is 17.5. The van der Waals surface area contributed by atoms with E-state index in [2.05, 4.69) is 5.32 Å². The molecule has 3 rings (SSSR count). The number of carbonyl (C=O) groups excluding carboxylic acids is 2. The molecule has 0 bridgehead atoms. The first kappa shape index (κ1) is 21.0. The van der Waals surface area contributed by atoms with E-state index >= 15 is 0 Å². The van der Waals surface area contributed by atoms with Gasteiger partial charge in [-0.05, 0) is 61.9 Å². The van der Waals surface area contributed by atoms with Crippen LogP contribution in [-0.2, 0) is 9.59 Å². The lowest BCUT2D eigenvalue weighted by atomic mass is 10.2. The Hall–Kier alpha value is -2.71. The molecule has 0 aromatic heterocycles. The number of ether oxygens (including phenoxy) is 1. The number of carbonyl (C=O) groups is 2. The summed E-state index contributed by atoms with van der Waals surface area (Å²) < 4.78 is 19.0. The number of nitrogens with one attached hydrogen (secondary N) is 1. The Morgan fingerprint density at radius 1 is 1.28 bits per heavy atom. The molecule has 0 spiro atoms. The lowest BCUT2D eigenvalue weighted by Crippen LogP contribution is -2.34. The molecule has 1 heterocycles. The molecule has 0 saturated carbocycles. The molecule has 0 aliphatic carbocycles. The molecule has 0 unspecified atom stereocenters. The van der Waals surface area contributed by atoms with Crippen molar-refractivity contribution in [1.82, 2.24) is 4.90 Å². The van der Waals surface area contributed by atoms with Gasteiger partial charge in [-0.3, -0.25) is 14.5 Å². The Kier molecular flexibility index (Phi) is 6.66. The Morgan fingerprint density at radius 3 is 2.66 bits per heavy atom. The summed E-state index contributed by atoms with van der Waals surface area (Å²) >= 11 is 6.55. The largest absolute Gasteiger partial charge is 0.484 e. The third kappa shape index (κ3) is 5.42. The molecular formula is C21H19FN2O3S2. The molecule has 1 saturated heterocycles. The monoisotopic (exact) mass is 430 g/mol. The number of benzene rings is 2. The summed E-state index contributed by atoms with van der Waals surface area (Å²) in [5, 5.41) is 2.63. The van der Waals surface area contributed by atoms with E-state index in [0.29, 0.717) is 20.7 Å². The Morgan fingerprint density at radius 2 is 2.00 bits per heavy atom. The van der Waals surface area contributed by atoms with Crippen molar-refractivity contribution in [3.05, 3.63) is 64.8 Å². The zero-order chi connectivity index (χ0) is 21.0. The van der Waals surface area contributed by atoms with Crippen LogP contribution in [0.2, 0.25) is 0 Å². The number of rotatable bonds is 6. The number of thioether (sulfide) groups is 1. The predicted molar refractivity (Wildman–Crippen MR) is 117 cm³/mol. The van der Waals surface area contributed by atoms with Gasteiger partial charge in [0.15, 0.2) is 6.61 Å². The van der Waals surface area contributed by atoms with Crippen LogP contribution in [0.4, 0.5) is 10.1 Å². The van der Waals surface area contributed by atoms with Crippen molar-refractivity contribution in [2.45, 2.75) is 19.9 Å². The molecular weight excluding hydrogens is 411 g/mol. The minimum atomic E-state index is -0.374. The number of amides is 2. The van der Waals surface area contributed by atoms with E-state index in [-0.39, 0.29) is 30.3 Å². The Labute approximate surface area is 177 Å². The molecule has 1 fully saturated rings. The van der Waals surface area contributed by atoms with Crippen LogP contribution in [-0.4, -0.2) is 33.7 Å². The van der Waals surface area contributed by atoms with Crippen molar-refractivity contribution >= 4 is 51.9 Å². The average molecular weight is 431 g/mol. The van der Waals surface area contributed by atoms with E-state index in [4.69, 9.17) is 17.0 Å². The molecule has 2 aromatic rings. The fourth-order valence-electron chi connectivity index (χ4n) is 2.65. The molecule has 1 aliphatic rings. The second-order valence-electron chi connectivity index (χ2n) is 6.56. The molecule has 29 heavy (non-hydrogen) atoms. The standard InChI is InChI=1S/C21H19FN2O3S2/c1-13(2)24-20(26)18(29-21(24)28)11-14-4-3-5-17(10-14)27-12-19(25)23-16-8-6-15(22)7-9-16/h3-11,13H,12H2,1-2H3,(H,23,25)/b18-11-. The highest BCUT2D eigenvalue weighted by atomic mass is 32.2. The summed E-state index contributed by atoms with van der Waals surface area (Å²) in [6.07, 6.45) is 1.76. The molecule has 8 heteroatoms. The van der Waals surface area contributed by atoms with Crippen molar-refractivity contribution in [3.63, 3.8) is 0 Å². The van der Waals surface area contributed by atoms with Crippen molar-refractivity contribution in [1.29, 1.82) is 0 Å². The first-order valence-corrected chi connectivity index (χ1v) is 10.1. The van der Waals surface area contributed by atoms with Crippen LogP contribution in [0, 0.1) is 5.82 Å². The second kappa shape index (κ2) is 9.19. The van der Waals surface area contributed by atoms with Crippen LogP contribution in [0.15, 0.2) is 53.4 Å². The highest BCUT2D eigenvalue weighted by Gasteiger charge is 2.33. The molecule has 2 aromatic carbocycles. The zero-order valence-electron chi connectivity index (χ0n) is 15.8. The van der Waals surface area contributed by atoms with Crippen molar-refractivity contribution < 1.29 is 18.7 Å². The van der Waals surface area contributed by atoms with E-state index in [1.807, 2.05) is 19.9 Å². The SMILES string of the molecule is CC(C)N1C(=O)/C(=C/c2cccc(OCC(=O)Nc3ccc(F)cc3)c2)SC1=S. The van der Waals surface area contributed by atoms with Crippen LogP contribution in [0.25, 0.3) is 6.08 Å². The number of thiocarbonyl (C=S) groups is 1. The normalized spacial score (nSPS) is 15.3. The maximum absolute atomic E-state index is 12.9. The van der Waals surface area contributed by atoms with Crippen molar-refractivity contribution in [3.8, 4) is 5.75 Å². The maximum atomic E-state index is 12.9. The van der Waals surface area contributed by atoms with Gasteiger partial charge in [0.25, 0.3) is 11.8 Å². The van der Waals surface area contributed by atoms with Gasteiger partial charge in [0, 0.05) is 11.7 Å². The smallest absolute Gasteiger partial charge is 0.266 e. The fourth-order valence-corrected chi connectivity index (χ4v) is 4.17. The number of halogens is 1. The van der Waals surface area contributed by atoms with Gasteiger partial charge in [-0.15, -0.1) is 0 Å². The Bertz CT molecular complexity index is 974. The van der Waals surface area contributed by atoms with E-state index in [1.165, 1.54) is 36.0 Å². The summed E-state index contributed by atoms with van der Waals surface area (Å²) in [6, 6.07) is 12.6. The van der Waals surface area contributed by atoms with Gasteiger partial charge in [0.2, 0.25) is 0 Å². The summed E-state index contributed by atoms with van der Waals surface area (Å²) in [5.41, 5.74) is 1.26. The van der Waals surface area contributed by atoms with Gasteiger partial charge in [-0.25, -0.2) is 4.39 Å². The third-order valence-corrected chi connectivity index (χ3v) is 5.32. The number of hydrogen-bond donors (Lipinski definition) is 1. The minimum Gasteiger partial charge on any atom is -0.484 e. The van der Waals surface area contributed by atoms with Crippen LogP contribution in [0.1, 0.15) is 19.4 Å². The molecule has 1 aliphatic heterocycles. The van der Waals surface area contributed by atoms with Gasteiger partial charge in [0.05, 0.1) is 4.91 Å². The molecule has 2 amide bonds. The van der Waals surface area contributed by atoms with Crippen molar-refractivity contribution in [2.75, 3.05) is 11.9 Å². The van der Waals surface area contributed by atoms with Gasteiger partial charge < -0.3 is 10.1 Å². The van der Waals surface area contributed by atoms with Gasteiger partial charge in [-0.2, -0.15) is 0 Å². The highest BCUT2D eigenvalue weighted by molar-refractivity contribution is 8.26. The van der Waals surface area contributed by atoms with Gasteiger partial charge in [0.1, 0.15) is 15.9 Å². The highest BCUT2D eigenvalue weighted by Crippen LogP contribution is 2.34. The predicted octanol–water partition coefficient (Wildman–Crippen LogP) is 4.45. The molecule has 0 atom stereocenters. The topological polar surface area (TPSA) is 58.6 Å².